The summed E-state index contributed by atoms with van der Waals surface area (Å²) in [5.41, 5.74) is -0.706. The number of nitrogens with one attached hydrogen (secondary N) is 3. The molecule has 3 N–H and O–H groups in total. The van der Waals surface area contributed by atoms with Gasteiger partial charge in [-0.15, -0.1) is 0 Å². The Hall–Kier alpha value is -1.30. The van der Waals surface area contributed by atoms with Crippen molar-refractivity contribution in [3.63, 3.8) is 0 Å². The van der Waals surface area contributed by atoms with Crippen LogP contribution in [0.3, 0.4) is 0 Å². The Kier molecular flexibility index (Phi) is 1.61. The van der Waals surface area contributed by atoms with Crippen molar-refractivity contribution in [2.24, 2.45) is 0 Å². The predicted molar refractivity (Wildman–Crippen MR) is 42.2 cm³/mol. The molecule has 1 aliphatic heterocycles. The normalized spacial score (nSPS) is 23.2. The van der Waals surface area contributed by atoms with Crippen molar-refractivity contribution >= 4 is 0 Å². The van der Waals surface area contributed by atoms with Gasteiger partial charge in [0, 0.05) is 6.54 Å². The van der Waals surface area contributed by atoms with Crippen molar-refractivity contribution in [1.82, 2.24) is 20.1 Å². The molecular weight excluding hydrogens is 160 g/mol. The van der Waals surface area contributed by atoms with E-state index in [1.807, 2.05) is 0 Å². The van der Waals surface area contributed by atoms with Crippen LogP contribution in [0.5, 0.6) is 0 Å². The number of aromatic amines is 2. The molecular formula is C6H10N4O2. The molecule has 1 unspecified atom stereocenters. The smallest absolute Gasteiger partial charge is 0.315 e. The fourth-order valence-corrected chi connectivity index (χ4v) is 1.51. The zero-order valence-corrected chi connectivity index (χ0v) is 6.46. The number of H-pyrrole nitrogens is 2. The zero-order valence-electron chi connectivity index (χ0n) is 6.46. The van der Waals surface area contributed by atoms with Gasteiger partial charge in [0.05, 0.1) is 6.04 Å². The maximum atomic E-state index is 11.1. The fourth-order valence-electron chi connectivity index (χ4n) is 1.51. The molecule has 1 saturated heterocycles. The first-order valence-electron chi connectivity index (χ1n) is 3.89. The van der Waals surface area contributed by atoms with Crippen LogP contribution >= 0.6 is 0 Å². The van der Waals surface area contributed by atoms with Crippen LogP contribution < -0.4 is 16.7 Å². The van der Waals surface area contributed by atoms with Crippen LogP contribution in [-0.4, -0.2) is 27.9 Å². The van der Waals surface area contributed by atoms with Gasteiger partial charge < -0.3 is 5.32 Å². The van der Waals surface area contributed by atoms with Crippen LogP contribution in [0.1, 0.15) is 12.5 Å². The van der Waals surface area contributed by atoms with Crippen LogP contribution in [-0.2, 0) is 0 Å². The van der Waals surface area contributed by atoms with E-state index < -0.39 is 0 Å². The highest BCUT2D eigenvalue weighted by atomic mass is 16.2. The van der Waals surface area contributed by atoms with E-state index in [0.717, 1.165) is 13.0 Å². The fraction of sp³-hybridized carbons (Fsp3) is 0.667. The van der Waals surface area contributed by atoms with E-state index in [4.69, 9.17) is 0 Å². The maximum Gasteiger partial charge on any atom is 0.344 e. The number of nitrogens with zero attached hydrogens (tertiary/aromatic N) is 1. The van der Waals surface area contributed by atoms with Crippen molar-refractivity contribution in [3.8, 4) is 0 Å². The molecule has 0 aromatic carbocycles. The van der Waals surface area contributed by atoms with Crippen molar-refractivity contribution in [2.45, 2.75) is 12.5 Å². The van der Waals surface area contributed by atoms with Crippen LogP contribution in [0.25, 0.3) is 0 Å². The van der Waals surface area contributed by atoms with Gasteiger partial charge in [-0.1, -0.05) is 0 Å². The molecule has 1 aromatic heterocycles. The molecule has 1 aliphatic rings. The molecule has 1 atom stereocenters. The molecule has 12 heavy (non-hydrogen) atoms. The van der Waals surface area contributed by atoms with E-state index in [9.17, 15) is 9.59 Å². The third kappa shape index (κ3) is 1.00. The molecule has 0 amide bonds. The first-order valence-corrected chi connectivity index (χ1v) is 3.89. The lowest BCUT2D eigenvalue weighted by atomic mass is 10.3. The van der Waals surface area contributed by atoms with Gasteiger partial charge in [0.25, 0.3) is 0 Å². The maximum absolute atomic E-state index is 11.1. The van der Waals surface area contributed by atoms with E-state index in [-0.39, 0.29) is 17.4 Å². The standard InChI is InChI=1S/C6H10N4O2/c11-5-8-9-6(12)10(5)4-1-2-7-3-4/h4,7H,1-3H2,(H,8,11)(H,9,12). The van der Waals surface area contributed by atoms with Gasteiger partial charge >= 0.3 is 11.4 Å². The van der Waals surface area contributed by atoms with Crippen LogP contribution in [0.4, 0.5) is 0 Å². The van der Waals surface area contributed by atoms with Gasteiger partial charge in [-0.3, -0.25) is 0 Å². The van der Waals surface area contributed by atoms with E-state index >= 15 is 0 Å². The highest BCUT2D eigenvalue weighted by molar-refractivity contribution is 4.81. The van der Waals surface area contributed by atoms with E-state index in [1.54, 1.807) is 0 Å². The zero-order chi connectivity index (χ0) is 8.55. The SMILES string of the molecule is O=c1[nH][nH]c(=O)n1C1CCNC1. The number of hydrogen-bond donors (Lipinski definition) is 3. The summed E-state index contributed by atoms with van der Waals surface area (Å²) >= 11 is 0. The van der Waals surface area contributed by atoms with Gasteiger partial charge in [0.2, 0.25) is 0 Å². The third-order valence-electron chi connectivity index (χ3n) is 2.11. The summed E-state index contributed by atoms with van der Waals surface area (Å²) in [5, 5.41) is 7.60. The molecule has 6 nitrogen and oxygen atoms in total. The Labute approximate surface area is 67.6 Å². The summed E-state index contributed by atoms with van der Waals surface area (Å²) in [6.45, 7) is 1.56. The van der Waals surface area contributed by atoms with Crippen LogP contribution in [0.2, 0.25) is 0 Å². The molecule has 2 heterocycles. The molecule has 6 heteroatoms. The minimum absolute atomic E-state index is 0.00694. The molecule has 0 radical (unpaired) electrons. The second-order valence-corrected chi connectivity index (χ2v) is 2.88. The summed E-state index contributed by atoms with van der Waals surface area (Å²) in [4.78, 5) is 22.2. The quantitative estimate of drug-likeness (QED) is 0.474. The summed E-state index contributed by atoms with van der Waals surface area (Å²) in [7, 11) is 0. The largest absolute Gasteiger partial charge is 0.344 e. The average molecular weight is 170 g/mol. The van der Waals surface area contributed by atoms with Crippen LogP contribution in [0, 0.1) is 0 Å². The number of rotatable bonds is 1. The summed E-state index contributed by atoms with van der Waals surface area (Å²) in [6.07, 6.45) is 0.834. The molecule has 0 aliphatic carbocycles. The molecule has 66 valence electrons. The highest BCUT2D eigenvalue weighted by Crippen LogP contribution is 2.08. The highest BCUT2D eigenvalue weighted by Gasteiger charge is 2.19. The second kappa shape index (κ2) is 2.63. The molecule has 1 aromatic rings. The summed E-state index contributed by atoms with van der Waals surface area (Å²) in [6, 6.07) is 0.00694. The second-order valence-electron chi connectivity index (χ2n) is 2.88. The summed E-state index contributed by atoms with van der Waals surface area (Å²) in [5.74, 6) is 0. The first kappa shape index (κ1) is 7.35. The third-order valence-corrected chi connectivity index (χ3v) is 2.11. The average Bonchev–Trinajstić information content (AvgIpc) is 2.61. The lowest BCUT2D eigenvalue weighted by Gasteiger charge is -2.04. The van der Waals surface area contributed by atoms with Crippen LogP contribution in [0.15, 0.2) is 9.59 Å². The van der Waals surface area contributed by atoms with E-state index in [0.29, 0.717) is 6.54 Å². The molecule has 1 fully saturated rings. The van der Waals surface area contributed by atoms with Crippen molar-refractivity contribution in [2.75, 3.05) is 13.1 Å². The Bertz CT molecular complexity index is 340. The molecule has 2 rings (SSSR count). The molecule has 0 saturated carbocycles. The minimum atomic E-state index is -0.353. The monoisotopic (exact) mass is 170 g/mol. The van der Waals surface area contributed by atoms with Gasteiger partial charge in [-0.2, -0.15) is 0 Å². The van der Waals surface area contributed by atoms with Gasteiger partial charge in [0.15, 0.2) is 0 Å². The summed E-state index contributed by atoms with van der Waals surface area (Å²) < 4.78 is 1.22. The lowest BCUT2D eigenvalue weighted by Crippen LogP contribution is -2.32. The Morgan fingerprint density at radius 3 is 2.42 bits per heavy atom. The van der Waals surface area contributed by atoms with E-state index in [1.165, 1.54) is 4.57 Å². The number of aromatic nitrogens is 3. The topological polar surface area (TPSA) is 82.7 Å². The molecule has 0 bridgehead atoms. The number of hydrogen-bond acceptors (Lipinski definition) is 3. The predicted octanol–water partition coefficient (Wildman–Crippen LogP) is -1.60. The Balaban J connectivity index is 2.44. The molecule has 0 spiro atoms. The Morgan fingerprint density at radius 2 is 1.92 bits per heavy atom. The van der Waals surface area contributed by atoms with Crippen molar-refractivity contribution < 1.29 is 0 Å². The first-order chi connectivity index (χ1) is 5.79. The van der Waals surface area contributed by atoms with Gasteiger partial charge in [-0.25, -0.2) is 24.4 Å². The lowest BCUT2D eigenvalue weighted by molar-refractivity contribution is 0.516. The van der Waals surface area contributed by atoms with Gasteiger partial charge in [-0.05, 0) is 13.0 Å². The van der Waals surface area contributed by atoms with Gasteiger partial charge in [0.1, 0.15) is 0 Å². The van der Waals surface area contributed by atoms with Crippen molar-refractivity contribution in [3.05, 3.63) is 21.0 Å². The minimum Gasteiger partial charge on any atom is -0.315 e. The van der Waals surface area contributed by atoms with E-state index in [2.05, 4.69) is 15.5 Å². The van der Waals surface area contributed by atoms with Crippen molar-refractivity contribution in [1.29, 1.82) is 0 Å². The Morgan fingerprint density at radius 1 is 1.25 bits per heavy atom.